The molecular weight excluding hydrogens is 317 g/mol. The first-order valence-corrected chi connectivity index (χ1v) is 9.20. The van der Waals surface area contributed by atoms with Gasteiger partial charge in [-0.1, -0.05) is 48.5 Å². The van der Waals surface area contributed by atoms with Crippen molar-refractivity contribution in [1.82, 2.24) is 0 Å². The van der Waals surface area contributed by atoms with E-state index in [-0.39, 0.29) is 6.61 Å². The quantitative estimate of drug-likeness (QED) is 0.663. The van der Waals surface area contributed by atoms with E-state index in [9.17, 15) is 4.57 Å². The molecule has 0 aliphatic carbocycles. The highest BCUT2D eigenvalue weighted by Gasteiger charge is 2.28. The molecule has 24 heavy (non-hydrogen) atoms. The molecule has 0 saturated heterocycles. The Bertz CT molecular complexity index is 858. The van der Waals surface area contributed by atoms with E-state index in [0.29, 0.717) is 16.2 Å². The molecule has 0 spiro atoms. The lowest BCUT2D eigenvalue weighted by atomic mass is 10.1. The number of rotatable bonds is 5. The summed E-state index contributed by atoms with van der Waals surface area (Å²) >= 11 is 0. The molecule has 0 heterocycles. The van der Waals surface area contributed by atoms with Crippen LogP contribution in [0.3, 0.4) is 0 Å². The lowest BCUT2D eigenvalue weighted by Gasteiger charge is -2.19. The van der Waals surface area contributed by atoms with Crippen molar-refractivity contribution < 1.29 is 9.09 Å². The summed E-state index contributed by atoms with van der Waals surface area (Å²) in [6.07, 6.45) is 0. The van der Waals surface area contributed by atoms with Crippen molar-refractivity contribution in [2.45, 2.75) is 6.61 Å². The second-order valence-electron chi connectivity index (χ2n) is 5.31. The maximum Gasteiger partial charge on any atom is 0.261 e. The van der Waals surface area contributed by atoms with Crippen LogP contribution in [0.25, 0.3) is 0 Å². The van der Waals surface area contributed by atoms with Gasteiger partial charge in [-0.25, -0.2) is 0 Å². The molecule has 0 aliphatic heterocycles. The molecule has 0 fully saturated rings. The molecule has 3 aromatic carbocycles. The monoisotopic (exact) mass is 333 g/mol. The molecule has 118 valence electrons. The molecule has 3 nitrogen and oxygen atoms in total. The van der Waals surface area contributed by atoms with Crippen LogP contribution in [0.15, 0.2) is 84.9 Å². The Labute approximate surface area is 141 Å². The van der Waals surface area contributed by atoms with E-state index in [4.69, 9.17) is 9.79 Å². The van der Waals surface area contributed by atoms with Gasteiger partial charge in [0.05, 0.1) is 18.2 Å². The first-order chi connectivity index (χ1) is 11.7. The first kappa shape index (κ1) is 16.2. The third kappa shape index (κ3) is 3.46. The summed E-state index contributed by atoms with van der Waals surface area (Å²) in [5.41, 5.74) is 1.38. The van der Waals surface area contributed by atoms with Gasteiger partial charge in [0.2, 0.25) is 0 Å². The van der Waals surface area contributed by atoms with Crippen LogP contribution in [0.4, 0.5) is 0 Å². The van der Waals surface area contributed by atoms with Gasteiger partial charge in [-0.2, -0.15) is 5.26 Å². The summed E-state index contributed by atoms with van der Waals surface area (Å²) in [5.74, 6) is 0. The summed E-state index contributed by atoms with van der Waals surface area (Å²) in [4.78, 5) is 0. The van der Waals surface area contributed by atoms with Crippen LogP contribution >= 0.6 is 7.37 Å². The molecule has 0 unspecified atom stereocenters. The summed E-state index contributed by atoms with van der Waals surface area (Å²) in [6.45, 7) is 0.177. The number of hydrogen-bond acceptors (Lipinski definition) is 3. The van der Waals surface area contributed by atoms with Crippen molar-refractivity contribution in [3.63, 3.8) is 0 Å². The van der Waals surface area contributed by atoms with E-state index in [0.717, 1.165) is 5.56 Å². The first-order valence-electron chi connectivity index (χ1n) is 7.57. The van der Waals surface area contributed by atoms with Gasteiger partial charge in [0, 0.05) is 10.6 Å². The minimum atomic E-state index is -3.20. The minimum absolute atomic E-state index is 0.177. The Morgan fingerprint density at radius 3 is 1.96 bits per heavy atom. The Hall–Kier alpha value is -2.66. The van der Waals surface area contributed by atoms with Crippen molar-refractivity contribution in [2.24, 2.45) is 0 Å². The number of hydrogen-bond donors (Lipinski definition) is 0. The third-order valence-corrected chi connectivity index (χ3v) is 6.11. The van der Waals surface area contributed by atoms with Crippen molar-refractivity contribution >= 4 is 18.0 Å². The fraction of sp³-hybridized carbons (Fsp3) is 0.0500. The number of benzene rings is 3. The molecule has 0 amide bonds. The standard InChI is InChI=1S/C20H16NO2P/c21-15-17-8-7-9-18(14-17)16-23-24(22,19-10-3-1-4-11-19)20-12-5-2-6-13-20/h1-14H,16H2. The zero-order chi connectivity index (χ0) is 16.8. The smallest absolute Gasteiger partial charge is 0.261 e. The maximum atomic E-state index is 13.7. The molecule has 3 rings (SSSR count). The SMILES string of the molecule is N#Cc1cccc(COP(=O)(c2ccccc2)c2ccccc2)c1. The fourth-order valence-electron chi connectivity index (χ4n) is 2.44. The summed E-state index contributed by atoms with van der Waals surface area (Å²) in [5, 5.41) is 10.3. The number of nitriles is 1. The normalized spacial score (nSPS) is 11.0. The van der Waals surface area contributed by atoms with Crippen LogP contribution in [0.2, 0.25) is 0 Å². The largest absolute Gasteiger partial charge is 0.317 e. The van der Waals surface area contributed by atoms with Gasteiger partial charge in [0.1, 0.15) is 0 Å². The minimum Gasteiger partial charge on any atom is -0.317 e. The summed E-state index contributed by atoms with van der Waals surface area (Å²) < 4.78 is 19.6. The summed E-state index contributed by atoms with van der Waals surface area (Å²) in [7, 11) is -3.20. The van der Waals surface area contributed by atoms with E-state index in [1.165, 1.54) is 0 Å². The van der Waals surface area contributed by atoms with E-state index in [1.807, 2.05) is 66.7 Å². The van der Waals surface area contributed by atoms with Gasteiger partial charge in [0.25, 0.3) is 7.37 Å². The predicted octanol–water partition coefficient (Wildman–Crippen LogP) is 4.00. The van der Waals surface area contributed by atoms with Crippen LogP contribution in [0.1, 0.15) is 11.1 Å². The lowest BCUT2D eigenvalue weighted by molar-refractivity contribution is 0.316. The molecule has 0 bridgehead atoms. The molecule has 0 atom stereocenters. The van der Waals surface area contributed by atoms with Crippen LogP contribution < -0.4 is 10.6 Å². The zero-order valence-electron chi connectivity index (χ0n) is 13.0. The predicted molar refractivity (Wildman–Crippen MR) is 95.7 cm³/mol. The molecule has 0 radical (unpaired) electrons. The van der Waals surface area contributed by atoms with Crippen molar-refractivity contribution in [1.29, 1.82) is 5.26 Å². The topological polar surface area (TPSA) is 50.1 Å². The van der Waals surface area contributed by atoms with E-state index in [2.05, 4.69) is 6.07 Å². The van der Waals surface area contributed by atoms with E-state index >= 15 is 0 Å². The van der Waals surface area contributed by atoms with E-state index < -0.39 is 7.37 Å². The highest BCUT2D eigenvalue weighted by Crippen LogP contribution is 2.45. The van der Waals surface area contributed by atoms with Crippen LogP contribution in [0.5, 0.6) is 0 Å². The summed E-state index contributed by atoms with van der Waals surface area (Å²) in [6, 6.07) is 27.7. The van der Waals surface area contributed by atoms with Gasteiger partial charge < -0.3 is 4.52 Å². The highest BCUT2D eigenvalue weighted by atomic mass is 31.2. The molecule has 4 heteroatoms. The molecule has 0 aromatic heterocycles. The molecule has 3 aromatic rings. The van der Waals surface area contributed by atoms with Crippen LogP contribution in [-0.2, 0) is 15.7 Å². The molecule has 0 aliphatic rings. The molecular formula is C20H16NO2P. The van der Waals surface area contributed by atoms with Gasteiger partial charge in [-0.15, -0.1) is 0 Å². The fourth-order valence-corrected chi connectivity index (χ4v) is 4.50. The Kier molecular flexibility index (Phi) is 4.91. The van der Waals surface area contributed by atoms with E-state index in [1.54, 1.807) is 18.2 Å². The Morgan fingerprint density at radius 1 is 0.833 bits per heavy atom. The van der Waals surface area contributed by atoms with Gasteiger partial charge in [-0.3, -0.25) is 4.57 Å². The average Bonchev–Trinajstić information content (AvgIpc) is 2.67. The van der Waals surface area contributed by atoms with Gasteiger partial charge >= 0.3 is 0 Å². The lowest BCUT2D eigenvalue weighted by Crippen LogP contribution is -2.18. The maximum absolute atomic E-state index is 13.7. The van der Waals surface area contributed by atoms with Gasteiger partial charge in [0.15, 0.2) is 0 Å². The van der Waals surface area contributed by atoms with Crippen molar-refractivity contribution in [2.75, 3.05) is 0 Å². The second-order valence-corrected chi connectivity index (χ2v) is 7.70. The van der Waals surface area contributed by atoms with Gasteiger partial charge in [-0.05, 0) is 42.0 Å². The third-order valence-electron chi connectivity index (χ3n) is 3.66. The average molecular weight is 333 g/mol. The molecule has 0 saturated carbocycles. The Balaban J connectivity index is 1.94. The van der Waals surface area contributed by atoms with Crippen LogP contribution in [0, 0.1) is 11.3 Å². The zero-order valence-corrected chi connectivity index (χ0v) is 13.9. The second kappa shape index (κ2) is 7.27. The Morgan fingerprint density at radius 2 is 1.42 bits per heavy atom. The van der Waals surface area contributed by atoms with Crippen LogP contribution in [-0.4, -0.2) is 0 Å². The highest BCUT2D eigenvalue weighted by molar-refractivity contribution is 7.74. The van der Waals surface area contributed by atoms with Crippen molar-refractivity contribution in [3.8, 4) is 6.07 Å². The molecule has 0 N–H and O–H groups in total. The number of nitrogens with zero attached hydrogens (tertiary/aromatic N) is 1. The van der Waals surface area contributed by atoms with Crippen molar-refractivity contribution in [3.05, 3.63) is 96.1 Å².